The molecule has 0 spiro atoms. The van der Waals surface area contributed by atoms with Crippen LogP contribution in [0.25, 0.3) is 0 Å². The Morgan fingerprint density at radius 2 is 1.81 bits per heavy atom. The smallest absolute Gasteiger partial charge is 0.232 e. The number of ether oxygens (including phenoxy) is 2. The van der Waals surface area contributed by atoms with Gasteiger partial charge in [0.05, 0.1) is 25.6 Å². The Labute approximate surface area is 103 Å². The Morgan fingerprint density at radius 1 is 1.25 bits per heavy atom. The quantitative estimate of drug-likeness (QED) is 0.525. The average molecular weight is 273 g/mol. The molecule has 0 radical (unpaired) electrons. The summed E-state index contributed by atoms with van der Waals surface area (Å²) in [4.78, 5) is 0. The van der Waals surface area contributed by atoms with Crippen molar-refractivity contribution < 1.29 is 17.9 Å². The van der Waals surface area contributed by atoms with E-state index in [9.17, 15) is 8.42 Å². The first-order valence-corrected chi connectivity index (χ1v) is 7.63. The van der Waals surface area contributed by atoms with Crippen molar-refractivity contribution in [3.8, 4) is 0 Å². The normalized spacial score (nSPS) is 15.1. The molecule has 0 aromatic rings. The highest BCUT2D eigenvalue weighted by molar-refractivity contribution is 8.13. The molecule has 4 nitrogen and oxygen atoms in total. The molecule has 0 N–H and O–H groups in total. The Balaban J connectivity index is 4.24. The van der Waals surface area contributed by atoms with Gasteiger partial charge in [-0.05, 0) is 5.41 Å². The molecule has 1 unspecified atom stereocenters. The van der Waals surface area contributed by atoms with Crippen LogP contribution in [0, 0.1) is 11.3 Å². The fourth-order valence-corrected chi connectivity index (χ4v) is 2.69. The van der Waals surface area contributed by atoms with Gasteiger partial charge in [-0.2, -0.15) is 0 Å². The van der Waals surface area contributed by atoms with Crippen LogP contribution >= 0.6 is 10.7 Å². The molecular formula is C10H21ClO4S. The molecular weight excluding hydrogens is 252 g/mol. The minimum Gasteiger partial charge on any atom is -0.382 e. The van der Waals surface area contributed by atoms with E-state index < -0.39 is 9.05 Å². The number of hydrogen-bond acceptors (Lipinski definition) is 4. The number of hydrogen-bond donors (Lipinski definition) is 0. The summed E-state index contributed by atoms with van der Waals surface area (Å²) < 4.78 is 32.3. The van der Waals surface area contributed by atoms with Crippen LogP contribution < -0.4 is 0 Å². The average Bonchev–Trinajstić information content (AvgIpc) is 2.06. The van der Waals surface area contributed by atoms with Gasteiger partial charge in [-0.3, -0.25) is 0 Å². The van der Waals surface area contributed by atoms with Crippen molar-refractivity contribution in [1.29, 1.82) is 0 Å². The van der Waals surface area contributed by atoms with Gasteiger partial charge in [0, 0.05) is 23.7 Å². The minimum atomic E-state index is -3.49. The second kappa shape index (κ2) is 6.79. The molecule has 0 aliphatic carbocycles. The van der Waals surface area contributed by atoms with E-state index in [-0.39, 0.29) is 17.1 Å². The molecule has 0 fully saturated rings. The maximum atomic E-state index is 11.1. The van der Waals surface area contributed by atoms with Crippen molar-refractivity contribution in [2.45, 2.75) is 20.8 Å². The third kappa shape index (κ3) is 8.33. The van der Waals surface area contributed by atoms with Crippen molar-refractivity contribution in [2.75, 3.05) is 32.7 Å². The number of halogens is 1. The van der Waals surface area contributed by atoms with Gasteiger partial charge < -0.3 is 9.47 Å². The summed E-state index contributed by atoms with van der Waals surface area (Å²) in [5.74, 6) is -0.183. The molecule has 0 saturated carbocycles. The molecule has 0 saturated heterocycles. The lowest BCUT2D eigenvalue weighted by atomic mass is 9.82. The summed E-state index contributed by atoms with van der Waals surface area (Å²) in [5.41, 5.74) is -0.158. The standard InChI is InChI=1S/C10H21ClO4S/c1-10(2,3)9(8-16(11,12)13)7-15-6-5-14-4/h9H,5-8H2,1-4H3. The molecule has 0 aromatic carbocycles. The van der Waals surface area contributed by atoms with E-state index in [4.69, 9.17) is 20.2 Å². The summed E-state index contributed by atoms with van der Waals surface area (Å²) in [7, 11) is 3.37. The maximum absolute atomic E-state index is 11.1. The van der Waals surface area contributed by atoms with E-state index in [0.717, 1.165) is 0 Å². The number of methoxy groups -OCH3 is 1. The SMILES string of the molecule is COCCOCC(CS(=O)(=O)Cl)C(C)(C)C. The van der Waals surface area contributed by atoms with Gasteiger partial charge in [-0.1, -0.05) is 20.8 Å². The molecule has 0 aliphatic heterocycles. The van der Waals surface area contributed by atoms with Gasteiger partial charge in [-0.25, -0.2) is 8.42 Å². The van der Waals surface area contributed by atoms with Crippen LogP contribution in [-0.4, -0.2) is 41.1 Å². The minimum absolute atomic E-state index is 0.0644. The van der Waals surface area contributed by atoms with E-state index in [0.29, 0.717) is 19.8 Å². The van der Waals surface area contributed by atoms with Crippen LogP contribution in [-0.2, 0) is 18.5 Å². The van der Waals surface area contributed by atoms with Crippen LogP contribution in [0.5, 0.6) is 0 Å². The lowest BCUT2D eigenvalue weighted by Crippen LogP contribution is -2.31. The first-order chi connectivity index (χ1) is 7.17. The fraction of sp³-hybridized carbons (Fsp3) is 1.00. The summed E-state index contributed by atoms with van der Waals surface area (Å²) in [6.07, 6.45) is 0. The molecule has 0 aromatic heterocycles. The largest absolute Gasteiger partial charge is 0.382 e. The van der Waals surface area contributed by atoms with E-state index in [1.54, 1.807) is 7.11 Å². The maximum Gasteiger partial charge on any atom is 0.232 e. The summed E-state index contributed by atoms with van der Waals surface area (Å²) >= 11 is 0. The van der Waals surface area contributed by atoms with Gasteiger partial charge >= 0.3 is 0 Å². The highest BCUT2D eigenvalue weighted by Crippen LogP contribution is 2.28. The molecule has 16 heavy (non-hydrogen) atoms. The van der Waals surface area contributed by atoms with Crippen molar-refractivity contribution in [3.05, 3.63) is 0 Å². The Hall–Kier alpha value is 0.160. The summed E-state index contributed by atoms with van der Waals surface area (Å²) in [6.45, 7) is 7.26. The van der Waals surface area contributed by atoms with Crippen LogP contribution in [0.15, 0.2) is 0 Å². The molecule has 0 amide bonds. The molecule has 6 heteroatoms. The summed E-state index contributed by atoms with van der Waals surface area (Å²) in [6, 6.07) is 0. The van der Waals surface area contributed by atoms with Crippen LogP contribution in [0.4, 0.5) is 0 Å². The van der Waals surface area contributed by atoms with Crippen LogP contribution in [0.2, 0.25) is 0 Å². The predicted molar refractivity (Wildman–Crippen MR) is 65.3 cm³/mol. The topological polar surface area (TPSA) is 52.6 Å². The molecule has 0 heterocycles. The Bertz CT molecular complexity index is 282. The van der Waals surface area contributed by atoms with Crippen molar-refractivity contribution in [1.82, 2.24) is 0 Å². The monoisotopic (exact) mass is 272 g/mol. The summed E-state index contributed by atoms with van der Waals surface area (Å²) in [5, 5.41) is 0. The van der Waals surface area contributed by atoms with E-state index >= 15 is 0 Å². The third-order valence-electron chi connectivity index (χ3n) is 2.38. The van der Waals surface area contributed by atoms with Gasteiger partial charge in [0.1, 0.15) is 0 Å². The van der Waals surface area contributed by atoms with Crippen LogP contribution in [0.1, 0.15) is 20.8 Å². The van der Waals surface area contributed by atoms with Gasteiger partial charge in [0.25, 0.3) is 0 Å². The van der Waals surface area contributed by atoms with E-state index in [2.05, 4.69) is 0 Å². The zero-order valence-corrected chi connectivity index (χ0v) is 11.9. The first-order valence-electron chi connectivity index (χ1n) is 5.16. The zero-order valence-electron chi connectivity index (χ0n) is 10.3. The first kappa shape index (κ1) is 16.2. The van der Waals surface area contributed by atoms with E-state index in [1.807, 2.05) is 20.8 Å². The molecule has 0 aliphatic rings. The highest BCUT2D eigenvalue weighted by Gasteiger charge is 2.29. The lowest BCUT2D eigenvalue weighted by molar-refractivity contribution is 0.0320. The van der Waals surface area contributed by atoms with Gasteiger partial charge in [0.15, 0.2) is 0 Å². The highest BCUT2D eigenvalue weighted by atomic mass is 35.7. The molecule has 1 atom stereocenters. The second-order valence-corrected chi connectivity index (χ2v) is 7.66. The van der Waals surface area contributed by atoms with Gasteiger partial charge in [0.2, 0.25) is 9.05 Å². The second-order valence-electron chi connectivity index (χ2n) is 4.84. The van der Waals surface area contributed by atoms with Crippen molar-refractivity contribution in [2.24, 2.45) is 11.3 Å². The molecule has 98 valence electrons. The van der Waals surface area contributed by atoms with Crippen molar-refractivity contribution >= 4 is 19.7 Å². The van der Waals surface area contributed by atoms with Crippen LogP contribution in [0.3, 0.4) is 0 Å². The Morgan fingerprint density at radius 3 is 2.19 bits per heavy atom. The fourth-order valence-electron chi connectivity index (χ4n) is 1.16. The zero-order chi connectivity index (χ0) is 12.8. The Kier molecular flexibility index (Phi) is 6.86. The molecule has 0 bridgehead atoms. The lowest BCUT2D eigenvalue weighted by Gasteiger charge is -2.29. The van der Waals surface area contributed by atoms with E-state index in [1.165, 1.54) is 0 Å². The van der Waals surface area contributed by atoms with Gasteiger partial charge in [-0.15, -0.1) is 0 Å². The number of rotatable bonds is 7. The predicted octanol–water partition coefficient (Wildman–Crippen LogP) is 1.88. The van der Waals surface area contributed by atoms with Crippen molar-refractivity contribution in [3.63, 3.8) is 0 Å². The third-order valence-corrected chi connectivity index (χ3v) is 3.55. The molecule has 0 rings (SSSR count).